The summed E-state index contributed by atoms with van der Waals surface area (Å²) in [4.78, 5) is 21.7. The van der Waals surface area contributed by atoms with Gasteiger partial charge in [0.2, 0.25) is 5.88 Å². The van der Waals surface area contributed by atoms with Crippen molar-refractivity contribution in [3.05, 3.63) is 47.1 Å². The molecule has 1 fully saturated rings. The highest BCUT2D eigenvalue weighted by Crippen LogP contribution is 2.31. The molecular formula is C20H25ClN4O2. The molecule has 1 aliphatic heterocycles. The molecule has 0 saturated carbocycles. The van der Waals surface area contributed by atoms with E-state index in [0.717, 1.165) is 38.4 Å². The summed E-state index contributed by atoms with van der Waals surface area (Å²) in [5, 5.41) is 3.57. The number of anilines is 2. The highest BCUT2D eigenvalue weighted by molar-refractivity contribution is 6.31. The van der Waals surface area contributed by atoms with Crippen molar-refractivity contribution >= 4 is 28.9 Å². The van der Waals surface area contributed by atoms with E-state index in [4.69, 9.17) is 16.3 Å². The molecule has 0 spiro atoms. The average molecular weight is 389 g/mol. The largest absolute Gasteiger partial charge is 0.477 e. The minimum atomic E-state index is -0.262. The van der Waals surface area contributed by atoms with Gasteiger partial charge < -0.3 is 19.9 Å². The number of ether oxygens (including phenoxy) is 1. The van der Waals surface area contributed by atoms with Gasteiger partial charge in [-0.2, -0.15) is 0 Å². The molecule has 1 aromatic heterocycles. The number of rotatable bonds is 6. The first kappa shape index (κ1) is 19.5. The summed E-state index contributed by atoms with van der Waals surface area (Å²) in [5.74, 6) is 0.0694. The van der Waals surface area contributed by atoms with Gasteiger partial charge in [-0.3, -0.25) is 4.79 Å². The third kappa shape index (κ3) is 4.70. The smallest absolute Gasteiger partial charge is 0.261 e. The van der Waals surface area contributed by atoms with E-state index >= 15 is 0 Å². The molecule has 1 aliphatic rings. The van der Waals surface area contributed by atoms with Crippen LogP contribution in [0, 0.1) is 0 Å². The summed E-state index contributed by atoms with van der Waals surface area (Å²) >= 11 is 6.20. The number of benzene rings is 1. The molecular weight excluding hydrogens is 364 g/mol. The molecule has 1 saturated heterocycles. The van der Waals surface area contributed by atoms with Crippen LogP contribution < -0.4 is 15.0 Å². The number of piperazine rings is 1. The number of hydrogen-bond acceptors (Lipinski definition) is 5. The van der Waals surface area contributed by atoms with E-state index < -0.39 is 0 Å². The Morgan fingerprint density at radius 2 is 2.00 bits per heavy atom. The lowest BCUT2D eigenvalue weighted by Gasteiger charge is -2.36. The molecule has 6 nitrogen and oxygen atoms in total. The predicted octanol–water partition coefficient (Wildman–Crippen LogP) is 3.53. The van der Waals surface area contributed by atoms with Gasteiger partial charge in [-0.05, 0) is 43.8 Å². The summed E-state index contributed by atoms with van der Waals surface area (Å²) in [6.45, 7) is 9.37. The van der Waals surface area contributed by atoms with Crippen LogP contribution in [0.15, 0.2) is 36.5 Å². The fourth-order valence-electron chi connectivity index (χ4n) is 3.19. The van der Waals surface area contributed by atoms with E-state index in [2.05, 4.69) is 27.0 Å². The Morgan fingerprint density at radius 1 is 1.22 bits per heavy atom. The monoisotopic (exact) mass is 388 g/mol. The second kappa shape index (κ2) is 9.06. The Labute approximate surface area is 165 Å². The third-order valence-corrected chi connectivity index (χ3v) is 4.90. The number of amides is 1. The van der Waals surface area contributed by atoms with Crippen LogP contribution in [0.25, 0.3) is 0 Å². The molecule has 0 aliphatic carbocycles. The summed E-state index contributed by atoms with van der Waals surface area (Å²) in [6.07, 6.45) is 1.61. The average Bonchev–Trinajstić information content (AvgIpc) is 2.69. The zero-order valence-electron chi connectivity index (χ0n) is 15.7. The van der Waals surface area contributed by atoms with E-state index in [-0.39, 0.29) is 5.91 Å². The zero-order chi connectivity index (χ0) is 19.2. The number of hydrogen-bond donors (Lipinski definition) is 1. The number of likely N-dealkylation sites (N-methyl/N-ethyl adjacent to an activating group) is 1. The second-order valence-electron chi connectivity index (χ2n) is 6.33. The van der Waals surface area contributed by atoms with Gasteiger partial charge in [-0.25, -0.2) is 4.98 Å². The molecule has 0 atom stereocenters. The van der Waals surface area contributed by atoms with Crippen molar-refractivity contribution in [2.45, 2.75) is 13.8 Å². The molecule has 7 heteroatoms. The molecule has 144 valence electrons. The van der Waals surface area contributed by atoms with Crippen LogP contribution in [0.3, 0.4) is 0 Å². The molecule has 27 heavy (non-hydrogen) atoms. The number of aromatic nitrogens is 1. The van der Waals surface area contributed by atoms with Gasteiger partial charge in [0, 0.05) is 37.4 Å². The van der Waals surface area contributed by atoms with Gasteiger partial charge in [0.05, 0.1) is 18.0 Å². The molecule has 0 bridgehead atoms. The van der Waals surface area contributed by atoms with Crippen LogP contribution in [-0.2, 0) is 0 Å². The molecule has 2 heterocycles. The maximum atomic E-state index is 12.9. The Morgan fingerprint density at radius 3 is 2.70 bits per heavy atom. The Kier molecular flexibility index (Phi) is 6.53. The van der Waals surface area contributed by atoms with Crippen LogP contribution in [0.1, 0.15) is 24.2 Å². The van der Waals surface area contributed by atoms with E-state index in [1.807, 2.05) is 19.1 Å². The fourth-order valence-corrected chi connectivity index (χ4v) is 3.37. The first-order valence-corrected chi connectivity index (χ1v) is 9.66. The Balaban J connectivity index is 1.82. The minimum absolute atomic E-state index is 0.262. The van der Waals surface area contributed by atoms with Gasteiger partial charge in [0.15, 0.2) is 0 Å². The zero-order valence-corrected chi connectivity index (χ0v) is 16.5. The molecule has 1 aromatic carbocycles. The number of nitrogens with zero attached hydrogens (tertiary/aromatic N) is 3. The highest BCUT2D eigenvalue weighted by atomic mass is 35.5. The van der Waals surface area contributed by atoms with Crippen LogP contribution >= 0.6 is 11.6 Å². The summed E-state index contributed by atoms with van der Waals surface area (Å²) in [7, 11) is 0. The second-order valence-corrected chi connectivity index (χ2v) is 6.76. The highest BCUT2D eigenvalue weighted by Gasteiger charge is 2.21. The van der Waals surface area contributed by atoms with E-state index in [1.54, 1.807) is 24.4 Å². The normalized spacial score (nSPS) is 14.9. The van der Waals surface area contributed by atoms with Gasteiger partial charge in [-0.15, -0.1) is 0 Å². The lowest BCUT2D eigenvalue weighted by atomic mass is 10.2. The topological polar surface area (TPSA) is 57.7 Å². The first-order valence-electron chi connectivity index (χ1n) is 9.28. The number of nitrogens with one attached hydrogen (secondary N) is 1. The standard InChI is InChI=1S/C20H25ClN4O2/c1-3-24-10-12-25(13-11-24)18-8-7-15(21)14-17(18)23-19(26)16-6-5-9-22-20(16)27-4-2/h5-9,14H,3-4,10-13H2,1-2H3,(H,23,26). The first-order chi connectivity index (χ1) is 13.1. The fraction of sp³-hybridized carbons (Fsp3) is 0.400. The van der Waals surface area contributed by atoms with Crippen molar-refractivity contribution < 1.29 is 9.53 Å². The van der Waals surface area contributed by atoms with Crippen molar-refractivity contribution in [3.63, 3.8) is 0 Å². The summed E-state index contributed by atoms with van der Waals surface area (Å²) < 4.78 is 5.48. The lowest BCUT2D eigenvalue weighted by Crippen LogP contribution is -2.46. The molecule has 0 radical (unpaired) electrons. The van der Waals surface area contributed by atoms with Gasteiger partial charge in [-0.1, -0.05) is 18.5 Å². The lowest BCUT2D eigenvalue weighted by molar-refractivity contribution is 0.102. The van der Waals surface area contributed by atoms with Gasteiger partial charge in [0.25, 0.3) is 5.91 Å². The van der Waals surface area contributed by atoms with E-state index in [9.17, 15) is 4.79 Å². The molecule has 0 unspecified atom stereocenters. The molecule has 1 amide bonds. The Bertz CT molecular complexity index is 791. The summed E-state index contributed by atoms with van der Waals surface area (Å²) in [5.41, 5.74) is 2.08. The van der Waals surface area contributed by atoms with Crippen LogP contribution in [-0.4, -0.2) is 55.1 Å². The number of pyridine rings is 1. The maximum absolute atomic E-state index is 12.9. The summed E-state index contributed by atoms with van der Waals surface area (Å²) in [6, 6.07) is 9.04. The van der Waals surface area contributed by atoms with Crippen LogP contribution in [0.4, 0.5) is 11.4 Å². The quantitative estimate of drug-likeness (QED) is 0.820. The van der Waals surface area contributed by atoms with Crippen LogP contribution in [0.5, 0.6) is 5.88 Å². The van der Waals surface area contributed by atoms with Crippen molar-refractivity contribution in [3.8, 4) is 5.88 Å². The van der Waals surface area contributed by atoms with Crippen molar-refractivity contribution in [2.75, 3.05) is 49.5 Å². The Hall–Kier alpha value is -2.31. The van der Waals surface area contributed by atoms with E-state index in [0.29, 0.717) is 28.8 Å². The SMILES string of the molecule is CCOc1ncccc1C(=O)Nc1cc(Cl)ccc1N1CCN(CC)CC1. The van der Waals surface area contributed by atoms with Gasteiger partial charge >= 0.3 is 0 Å². The maximum Gasteiger partial charge on any atom is 0.261 e. The van der Waals surface area contributed by atoms with E-state index in [1.165, 1.54) is 0 Å². The van der Waals surface area contributed by atoms with Crippen LogP contribution in [0.2, 0.25) is 5.02 Å². The molecule has 3 rings (SSSR count). The van der Waals surface area contributed by atoms with Crippen molar-refractivity contribution in [1.82, 2.24) is 9.88 Å². The minimum Gasteiger partial charge on any atom is -0.477 e. The number of carbonyl (C=O) groups excluding carboxylic acids is 1. The molecule has 1 N–H and O–H groups in total. The number of carbonyl (C=O) groups is 1. The van der Waals surface area contributed by atoms with Crippen molar-refractivity contribution in [2.24, 2.45) is 0 Å². The molecule has 2 aromatic rings. The third-order valence-electron chi connectivity index (χ3n) is 4.66. The van der Waals surface area contributed by atoms with Crippen molar-refractivity contribution in [1.29, 1.82) is 0 Å². The predicted molar refractivity (Wildman–Crippen MR) is 109 cm³/mol. The van der Waals surface area contributed by atoms with Gasteiger partial charge in [0.1, 0.15) is 5.56 Å². The number of halogens is 1.